The van der Waals surface area contributed by atoms with E-state index >= 15 is 0 Å². The summed E-state index contributed by atoms with van der Waals surface area (Å²) in [5.41, 5.74) is 4.28. The highest BCUT2D eigenvalue weighted by Gasteiger charge is 2.29. The minimum atomic E-state index is 0.141. The predicted octanol–water partition coefficient (Wildman–Crippen LogP) is 5.20. The lowest BCUT2D eigenvalue weighted by Crippen LogP contribution is -2.23. The molecule has 3 aromatic rings. The summed E-state index contributed by atoms with van der Waals surface area (Å²) in [5.74, 6) is 1.75. The summed E-state index contributed by atoms with van der Waals surface area (Å²) < 4.78 is 5.82. The fraction of sp³-hybridized carbons (Fsp3) is 0.174. The second-order valence-electron chi connectivity index (χ2n) is 6.53. The highest BCUT2D eigenvalue weighted by atomic mass is 16.5. The minimum Gasteiger partial charge on any atom is -0.457 e. The van der Waals surface area contributed by atoms with E-state index in [2.05, 4.69) is 19.1 Å². The molecular formula is C23H21NO2. The first-order valence-electron chi connectivity index (χ1n) is 8.96. The maximum Gasteiger partial charge on any atom is 0.255 e. The highest BCUT2D eigenvalue weighted by molar-refractivity contribution is 5.99. The Morgan fingerprint density at radius 3 is 2.35 bits per heavy atom. The summed E-state index contributed by atoms with van der Waals surface area (Å²) in [5, 5.41) is 0. The van der Waals surface area contributed by atoms with Gasteiger partial charge in [0, 0.05) is 18.7 Å². The number of nitrogens with zero attached hydrogens (tertiary/aromatic N) is 1. The second kappa shape index (κ2) is 7.04. The van der Waals surface area contributed by atoms with Gasteiger partial charge in [0.15, 0.2) is 0 Å². The van der Waals surface area contributed by atoms with Crippen LogP contribution in [0.3, 0.4) is 0 Å². The average molecular weight is 343 g/mol. The van der Waals surface area contributed by atoms with Gasteiger partial charge in [0.25, 0.3) is 5.91 Å². The predicted molar refractivity (Wildman–Crippen MR) is 102 cm³/mol. The monoisotopic (exact) mass is 343 g/mol. The van der Waals surface area contributed by atoms with Crippen molar-refractivity contribution in [2.75, 3.05) is 0 Å². The van der Waals surface area contributed by atoms with E-state index in [1.807, 2.05) is 65.6 Å². The van der Waals surface area contributed by atoms with Crippen molar-refractivity contribution in [3.05, 3.63) is 95.1 Å². The highest BCUT2D eigenvalue weighted by Crippen LogP contribution is 2.28. The lowest BCUT2D eigenvalue weighted by Gasteiger charge is -2.16. The van der Waals surface area contributed by atoms with E-state index in [0.717, 1.165) is 40.2 Å². The van der Waals surface area contributed by atoms with Crippen molar-refractivity contribution in [2.45, 2.75) is 26.4 Å². The molecule has 0 radical (unpaired) electrons. The van der Waals surface area contributed by atoms with E-state index in [4.69, 9.17) is 4.74 Å². The number of carbonyl (C=O) groups is 1. The molecule has 0 unspecified atom stereocenters. The zero-order chi connectivity index (χ0) is 17.9. The molecule has 1 amide bonds. The van der Waals surface area contributed by atoms with Gasteiger partial charge in [-0.3, -0.25) is 4.79 Å². The van der Waals surface area contributed by atoms with Crippen LogP contribution in [0, 0.1) is 0 Å². The Kier molecular flexibility index (Phi) is 4.44. The Morgan fingerprint density at radius 2 is 1.62 bits per heavy atom. The number of amides is 1. The number of aryl methyl sites for hydroxylation is 1. The van der Waals surface area contributed by atoms with Crippen molar-refractivity contribution in [3.63, 3.8) is 0 Å². The fourth-order valence-corrected chi connectivity index (χ4v) is 3.43. The molecule has 0 aliphatic carbocycles. The number of para-hydroxylation sites is 1. The van der Waals surface area contributed by atoms with Gasteiger partial charge >= 0.3 is 0 Å². The zero-order valence-electron chi connectivity index (χ0n) is 14.8. The number of fused-ring (bicyclic) bond motifs is 1. The van der Waals surface area contributed by atoms with Crippen LogP contribution in [0.5, 0.6) is 11.5 Å². The standard InChI is InChI=1S/C23H21NO2/c1-2-18-7-6-8-19-16-24(23(25)22(18)19)15-17-11-13-21(14-12-17)26-20-9-4-3-5-10-20/h3-14H,2,15-16H2,1H3. The molecule has 3 nitrogen and oxygen atoms in total. The van der Waals surface area contributed by atoms with Crippen LogP contribution in [-0.2, 0) is 19.5 Å². The van der Waals surface area contributed by atoms with Crippen LogP contribution in [0.15, 0.2) is 72.8 Å². The summed E-state index contributed by atoms with van der Waals surface area (Å²) in [6.07, 6.45) is 0.883. The minimum absolute atomic E-state index is 0.141. The number of carbonyl (C=O) groups excluding carboxylic acids is 1. The summed E-state index contributed by atoms with van der Waals surface area (Å²) in [7, 11) is 0. The van der Waals surface area contributed by atoms with Crippen LogP contribution >= 0.6 is 0 Å². The molecule has 130 valence electrons. The smallest absolute Gasteiger partial charge is 0.255 e. The molecule has 1 aliphatic heterocycles. The van der Waals surface area contributed by atoms with Gasteiger partial charge in [-0.2, -0.15) is 0 Å². The molecule has 0 fully saturated rings. The molecule has 4 rings (SSSR count). The zero-order valence-corrected chi connectivity index (χ0v) is 14.8. The molecule has 1 aliphatic rings. The van der Waals surface area contributed by atoms with Crippen molar-refractivity contribution < 1.29 is 9.53 Å². The Hall–Kier alpha value is -3.07. The van der Waals surface area contributed by atoms with E-state index in [0.29, 0.717) is 13.1 Å². The van der Waals surface area contributed by atoms with Gasteiger partial charge in [-0.1, -0.05) is 55.5 Å². The quantitative estimate of drug-likeness (QED) is 0.637. The van der Waals surface area contributed by atoms with Crippen LogP contribution in [0.4, 0.5) is 0 Å². The van der Waals surface area contributed by atoms with E-state index in [1.165, 1.54) is 0 Å². The van der Waals surface area contributed by atoms with E-state index < -0.39 is 0 Å². The number of hydrogen-bond donors (Lipinski definition) is 0. The first-order valence-corrected chi connectivity index (χ1v) is 8.96. The van der Waals surface area contributed by atoms with Crippen molar-refractivity contribution in [1.29, 1.82) is 0 Å². The molecule has 0 saturated heterocycles. The van der Waals surface area contributed by atoms with Gasteiger partial charge in [-0.05, 0) is 47.4 Å². The van der Waals surface area contributed by atoms with Gasteiger partial charge in [0.05, 0.1) is 0 Å². The van der Waals surface area contributed by atoms with Crippen molar-refractivity contribution in [3.8, 4) is 11.5 Å². The van der Waals surface area contributed by atoms with Gasteiger partial charge in [-0.25, -0.2) is 0 Å². The maximum atomic E-state index is 12.8. The van der Waals surface area contributed by atoms with Crippen LogP contribution in [-0.4, -0.2) is 10.8 Å². The van der Waals surface area contributed by atoms with Crippen LogP contribution in [0.2, 0.25) is 0 Å². The van der Waals surface area contributed by atoms with Gasteiger partial charge in [0.2, 0.25) is 0 Å². The number of hydrogen-bond acceptors (Lipinski definition) is 2. The molecule has 0 saturated carbocycles. The molecule has 0 aromatic heterocycles. The third-order valence-corrected chi connectivity index (χ3v) is 4.76. The lowest BCUT2D eigenvalue weighted by molar-refractivity contribution is 0.0766. The first kappa shape index (κ1) is 16.4. The largest absolute Gasteiger partial charge is 0.457 e. The average Bonchev–Trinajstić information content (AvgIpc) is 3.00. The summed E-state index contributed by atoms with van der Waals surface area (Å²) in [4.78, 5) is 14.7. The molecular weight excluding hydrogens is 322 g/mol. The second-order valence-corrected chi connectivity index (χ2v) is 6.53. The molecule has 26 heavy (non-hydrogen) atoms. The molecule has 3 aromatic carbocycles. The van der Waals surface area contributed by atoms with Crippen molar-refractivity contribution in [2.24, 2.45) is 0 Å². The lowest BCUT2D eigenvalue weighted by atomic mass is 10.0. The third kappa shape index (κ3) is 3.21. The molecule has 3 heteroatoms. The maximum absolute atomic E-state index is 12.8. The van der Waals surface area contributed by atoms with Crippen molar-refractivity contribution in [1.82, 2.24) is 4.90 Å². The number of rotatable bonds is 5. The van der Waals surface area contributed by atoms with E-state index in [1.54, 1.807) is 0 Å². The van der Waals surface area contributed by atoms with E-state index in [-0.39, 0.29) is 5.91 Å². The summed E-state index contributed by atoms with van der Waals surface area (Å²) >= 11 is 0. The molecule has 0 spiro atoms. The Bertz CT molecular complexity index is 917. The molecule has 1 heterocycles. The number of ether oxygens (including phenoxy) is 1. The Balaban J connectivity index is 1.46. The van der Waals surface area contributed by atoms with Gasteiger partial charge in [-0.15, -0.1) is 0 Å². The molecule has 0 atom stereocenters. The normalized spacial score (nSPS) is 13.0. The van der Waals surface area contributed by atoms with Crippen LogP contribution < -0.4 is 4.74 Å². The summed E-state index contributed by atoms with van der Waals surface area (Å²) in [6, 6.07) is 23.8. The number of benzene rings is 3. The Morgan fingerprint density at radius 1 is 0.885 bits per heavy atom. The van der Waals surface area contributed by atoms with E-state index in [9.17, 15) is 4.79 Å². The molecule has 0 bridgehead atoms. The van der Waals surface area contributed by atoms with Crippen molar-refractivity contribution >= 4 is 5.91 Å². The Labute approximate surface area is 153 Å². The van der Waals surface area contributed by atoms with Gasteiger partial charge < -0.3 is 9.64 Å². The first-order chi connectivity index (χ1) is 12.7. The van der Waals surface area contributed by atoms with Gasteiger partial charge in [0.1, 0.15) is 11.5 Å². The molecule has 0 N–H and O–H groups in total. The topological polar surface area (TPSA) is 29.5 Å². The third-order valence-electron chi connectivity index (χ3n) is 4.76. The van der Waals surface area contributed by atoms with Crippen LogP contribution in [0.1, 0.15) is 34.0 Å². The van der Waals surface area contributed by atoms with Crippen LogP contribution in [0.25, 0.3) is 0 Å². The summed E-state index contributed by atoms with van der Waals surface area (Å²) in [6.45, 7) is 3.39. The fourth-order valence-electron chi connectivity index (χ4n) is 3.43. The SMILES string of the molecule is CCc1cccc2c1C(=O)N(Cc1ccc(Oc3ccccc3)cc1)C2.